The Bertz CT molecular complexity index is 779. The van der Waals surface area contributed by atoms with Gasteiger partial charge in [0.15, 0.2) is 0 Å². The van der Waals surface area contributed by atoms with Crippen LogP contribution in [0.3, 0.4) is 0 Å². The van der Waals surface area contributed by atoms with E-state index in [4.69, 9.17) is 4.74 Å². The lowest BCUT2D eigenvalue weighted by molar-refractivity contribution is -0.712. The van der Waals surface area contributed by atoms with Crippen molar-refractivity contribution in [2.75, 3.05) is 6.61 Å². The summed E-state index contributed by atoms with van der Waals surface area (Å²) in [5, 5.41) is 10.8. The normalized spacial score (nSPS) is 23.4. The molecule has 3 nitrogen and oxygen atoms in total. The Kier molecular flexibility index (Phi) is 2.50. The molecule has 0 unspecified atom stereocenters. The van der Waals surface area contributed by atoms with Gasteiger partial charge in [-0.25, -0.2) is 0 Å². The van der Waals surface area contributed by atoms with Crippen LogP contribution >= 0.6 is 0 Å². The van der Waals surface area contributed by atoms with Crippen molar-refractivity contribution in [3.05, 3.63) is 35.4 Å². The second-order valence-electron chi connectivity index (χ2n) is 7.89. The second kappa shape index (κ2) is 4.03. The first-order valence-electron chi connectivity index (χ1n) is 7.86. The lowest BCUT2D eigenvalue weighted by Gasteiger charge is -2.35. The molecule has 0 spiro atoms. The Morgan fingerprint density at radius 1 is 1.18 bits per heavy atom. The van der Waals surface area contributed by atoms with Crippen LogP contribution < -0.4 is 4.74 Å². The minimum absolute atomic E-state index is 0.0709. The zero-order valence-electron chi connectivity index (χ0n) is 13.6. The smallest absolute Gasteiger partial charge is 0.266 e. The molecule has 0 atom stereocenters. The number of nitrogens with zero attached hydrogens (tertiary/aromatic N) is 1. The van der Waals surface area contributed by atoms with Crippen LogP contribution in [0.15, 0.2) is 24.3 Å². The molecular weight excluding hydrogens is 274 g/mol. The molecule has 0 amide bonds. The minimum atomic E-state index is -0.0709. The molecule has 0 saturated heterocycles. The zero-order valence-corrected chi connectivity index (χ0v) is 13.6. The Hall–Kier alpha value is -2.03. The summed E-state index contributed by atoms with van der Waals surface area (Å²) >= 11 is 0. The average Bonchev–Trinajstić information content (AvgIpc) is 2.68. The predicted molar refractivity (Wildman–Crippen MR) is 87.8 cm³/mol. The summed E-state index contributed by atoms with van der Waals surface area (Å²) in [6.07, 6.45) is 7.37. The molecule has 3 heteroatoms. The van der Waals surface area contributed by atoms with Gasteiger partial charge in [0.1, 0.15) is 12.4 Å². The molecular formula is C19H22NO2+. The molecule has 1 aromatic rings. The van der Waals surface area contributed by atoms with Gasteiger partial charge in [0.05, 0.1) is 16.6 Å². The third-order valence-electron chi connectivity index (χ3n) is 4.82. The maximum atomic E-state index is 10.8. The summed E-state index contributed by atoms with van der Waals surface area (Å²) in [6, 6.07) is 4.10. The number of allylic oxidation sites excluding steroid dienone is 2. The Morgan fingerprint density at radius 2 is 1.95 bits per heavy atom. The van der Waals surface area contributed by atoms with Crippen molar-refractivity contribution >= 4 is 23.0 Å². The van der Waals surface area contributed by atoms with E-state index in [9.17, 15) is 5.21 Å². The molecule has 2 heterocycles. The highest BCUT2D eigenvalue weighted by molar-refractivity contribution is 6.27. The van der Waals surface area contributed by atoms with Crippen LogP contribution in [-0.4, -0.2) is 22.3 Å². The standard InChI is InChI=1S/C19H22NO2/c1-18(2)10-14-13-9-16-12(6-5-7-22-16)8-15(13)20(21)17(14)19(3,4)11-18/h5-6,8-10,21H,7,11H2,1-4H3/q+1. The fourth-order valence-electron chi connectivity index (χ4n) is 4.37. The minimum Gasteiger partial charge on any atom is -0.489 e. The predicted octanol–water partition coefficient (Wildman–Crippen LogP) is 4.42. The van der Waals surface area contributed by atoms with E-state index in [1.807, 2.05) is 12.1 Å². The molecule has 0 aromatic heterocycles. The van der Waals surface area contributed by atoms with Gasteiger partial charge in [0.25, 0.3) is 5.69 Å². The molecule has 1 aliphatic carbocycles. The largest absolute Gasteiger partial charge is 0.489 e. The third kappa shape index (κ3) is 1.78. The lowest BCUT2D eigenvalue weighted by atomic mass is 9.65. The van der Waals surface area contributed by atoms with Crippen molar-refractivity contribution in [3.63, 3.8) is 0 Å². The fourth-order valence-corrected chi connectivity index (χ4v) is 4.37. The molecule has 0 bridgehead atoms. The number of rotatable bonds is 0. The number of fused-ring (bicyclic) bond motifs is 4. The molecule has 114 valence electrons. The first-order chi connectivity index (χ1) is 10.3. The highest BCUT2D eigenvalue weighted by Crippen LogP contribution is 2.51. The monoisotopic (exact) mass is 296 g/mol. The Labute approximate surface area is 131 Å². The molecule has 1 aromatic carbocycles. The van der Waals surface area contributed by atoms with Gasteiger partial charge < -0.3 is 4.74 Å². The molecule has 2 aliphatic heterocycles. The van der Waals surface area contributed by atoms with Gasteiger partial charge in [-0.05, 0) is 37.8 Å². The van der Waals surface area contributed by atoms with Crippen LogP contribution in [-0.2, 0) is 0 Å². The highest BCUT2D eigenvalue weighted by Gasteiger charge is 2.51. The van der Waals surface area contributed by atoms with Crippen LogP contribution in [0, 0.1) is 10.8 Å². The van der Waals surface area contributed by atoms with Crippen LogP contribution in [0.2, 0.25) is 0 Å². The van der Waals surface area contributed by atoms with Crippen molar-refractivity contribution < 1.29 is 14.7 Å². The van der Waals surface area contributed by atoms with Crippen molar-refractivity contribution in [3.8, 4) is 5.75 Å². The van der Waals surface area contributed by atoms with E-state index >= 15 is 0 Å². The van der Waals surface area contributed by atoms with E-state index in [0.717, 1.165) is 40.3 Å². The summed E-state index contributed by atoms with van der Waals surface area (Å²) in [5.41, 5.74) is 5.17. The summed E-state index contributed by atoms with van der Waals surface area (Å²) in [7, 11) is 0. The molecule has 0 radical (unpaired) electrons. The SMILES string of the molecule is CC1(C)C=C2C(=[N+](O)c3cc4c(cc32)OCC=C4)C(C)(C)C1. The van der Waals surface area contributed by atoms with Gasteiger partial charge in [-0.1, -0.05) is 26.0 Å². The van der Waals surface area contributed by atoms with Gasteiger partial charge in [0.2, 0.25) is 5.71 Å². The number of benzene rings is 1. The lowest BCUT2D eigenvalue weighted by Crippen LogP contribution is -2.37. The quantitative estimate of drug-likeness (QED) is 0.568. The molecule has 0 fully saturated rings. The van der Waals surface area contributed by atoms with Gasteiger partial charge in [-0.2, -0.15) is 0 Å². The third-order valence-corrected chi connectivity index (χ3v) is 4.82. The van der Waals surface area contributed by atoms with Gasteiger partial charge >= 0.3 is 0 Å². The van der Waals surface area contributed by atoms with Crippen LogP contribution in [0.1, 0.15) is 45.2 Å². The summed E-state index contributed by atoms with van der Waals surface area (Å²) in [6.45, 7) is 9.55. The zero-order chi connectivity index (χ0) is 15.7. The van der Waals surface area contributed by atoms with Crippen LogP contribution in [0.4, 0.5) is 5.69 Å². The van der Waals surface area contributed by atoms with E-state index in [0.29, 0.717) is 6.61 Å². The van der Waals surface area contributed by atoms with Gasteiger partial charge in [0, 0.05) is 16.4 Å². The van der Waals surface area contributed by atoms with Crippen LogP contribution in [0.5, 0.6) is 5.75 Å². The molecule has 0 saturated carbocycles. The summed E-state index contributed by atoms with van der Waals surface area (Å²) < 4.78 is 7.13. The maximum absolute atomic E-state index is 10.8. The van der Waals surface area contributed by atoms with Gasteiger partial charge in [-0.15, -0.1) is 0 Å². The topological polar surface area (TPSA) is 32.5 Å². The van der Waals surface area contributed by atoms with E-state index < -0.39 is 0 Å². The molecule has 1 N–H and O–H groups in total. The number of hydrogen-bond donors (Lipinski definition) is 1. The number of ether oxygens (including phenoxy) is 1. The van der Waals surface area contributed by atoms with E-state index in [2.05, 4.69) is 45.9 Å². The molecule has 3 aliphatic rings. The maximum Gasteiger partial charge on any atom is 0.266 e. The first-order valence-corrected chi connectivity index (χ1v) is 7.86. The van der Waals surface area contributed by atoms with E-state index in [1.54, 1.807) is 0 Å². The van der Waals surface area contributed by atoms with Crippen molar-refractivity contribution in [2.24, 2.45) is 10.8 Å². The van der Waals surface area contributed by atoms with Crippen molar-refractivity contribution in [2.45, 2.75) is 34.1 Å². The van der Waals surface area contributed by atoms with Crippen molar-refractivity contribution in [1.29, 1.82) is 0 Å². The molecule has 4 rings (SSSR count). The van der Waals surface area contributed by atoms with Gasteiger partial charge in [-0.3, -0.25) is 5.21 Å². The Balaban J connectivity index is 2.00. The second-order valence-corrected chi connectivity index (χ2v) is 7.89. The van der Waals surface area contributed by atoms with Crippen LogP contribution in [0.25, 0.3) is 11.6 Å². The highest BCUT2D eigenvalue weighted by atomic mass is 16.5. The summed E-state index contributed by atoms with van der Waals surface area (Å²) in [4.78, 5) is 0. The average molecular weight is 296 g/mol. The molecule has 22 heavy (non-hydrogen) atoms. The van der Waals surface area contributed by atoms with E-state index in [1.165, 1.54) is 4.74 Å². The Morgan fingerprint density at radius 3 is 2.73 bits per heavy atom. The van der Waals surface area contributed by atoms with Crippen molar-refractivity contribution in [1.82, 2.24) is 0 Å². The van der Waals surface area contributed by atoms with E-state index in [-0.39, 0.29) is 10.8 Å². The number of hydrogen-bond acceptors (Lipinski definition) is 2. The fraction of sp³-hybridized carbons (Fsp3) is 0.421. The summed E-state index contributed by atoms with van der Waals surface area (Å²) in [5.74, 6) is 0.901. The first kappa shape index (κ1) is 13.6.